The predicted molar refractivity (Wildman–Crippen MR) is 120 cm³/mol. The Balaban J connectivity index is 1.35. The molecule has 0 aliphatic carbocycles. The van der Waals surface area contributed by atoms with Crippen LogP contribution in [0.5, 0.6) is 17.2 Å². The number of methoxy groups -OCH3 is 1. The lowest BCUT2D eigenvalue weighted by Gasteiger charge is -2.08. The smallest absolute Gasteiger partial charge is 0.265 e. The number of fused-ring (bicyclic) bond motifs is 1. The SMILES string of the molecule is COc1ccccc1-c1nc(COc2ccc3c(=O)n(-c4ccc(O)cc4)cnc3c2)no1. The predicted octanol–water partition coefficient (Wildman–Crippen LogP) is 3.73. The van der Waals surface area contributed by atoms with Crippen molar-refractivity contribution < 1.29 is 19.1 Å². The van der Waals surface area contributed by atoms with Gasteiger partial charge < -0.3 is 19.1 Å². The van der Waals surface area contributed by atoms with Gasteiger partial charge in [0.25, 0.3) is 11.4 Å². The second-order valence-electron chi connectivity index (χ2n) is 7.12. The number of benzene rings is 3. The third-order valence-electron chi connectivity index (χ3n) is 5.03. The van der Waals surface area contributed by atoms with Crippen molar-refractivity contribution in [1.29, 1.82) is 0 Å². The number of ether oxygens (including phenoxy) is 2. The molecule has 9 nitrogen and oxygen atoms in total. The lowest BCUT2D eigenvalue weighted by atomic mass is 10.2. The van der Waals surface area contributed by atoms with Gasteiger partial charge in [0.2, 0.25) is 5.82 Å². The molecule has 0 amide bonds. The zero-order valence-electron chi connectivity index (χ0n) is 17.5. The number of hydrogen-bond acceptors (Lipinski definition) is 8. The van der Waals surface area contributed by atoms with Crippen molar-refractivity contribution in [2.45, 2.75) is 6.61 Å². The number of phenolic OH excluding ortho intramolecular Hbond substituents is 1. The summed E-state index contributed by atoms with van der Waals surface area (Å²) >= 11 is 0. The van der Waals surface area contributed by atoms with E-state index in [0.717, 1.165) is 0 Å². The van der Waals surface area contributed by atoms with Crippen LogP contribution in [0.4, 0.5) is 0 Å². The van der Waals surface area contributed by atoms with Crippen LogP contribution in [0.3, 0.4) is 0 Å². The van der Waals surface area contributed by atoms with Crippen molar-refractivity contribution in [3.05, 3.63) is 89.2 Å². The average Bonchev–Trinajstić information content (AvgIpc) is 3.32. The van der Waals surface area contributed by atoms with Crippen LogP contribution < -0.4 is 15.0 Å². The van der Waals surface area contributed by atoms with Crippen LogP contribution in [0.2, 0.25) is 0 Å². The molecule has 0 saturated carbocycles. The highest BCUT2D eigenvalue weighted by Gasteiger charge is 2.14. The molecule has 0 unspecified atom stereocenters. The molecule has 0 saturated heterocycles. The fraction of sp³-hybridized carbons (Fsp3) is 0.0833. The van der Waals surface area contributed by atoms with Gasteiger partial charge in [0, 0.05) is 6.07 Å². The molecular formula is C24H18N4O5. The first-order chi connectivity index (χ1) is 16.1. The molecule has 0 fully saturated rings. The highest BCUT2D eigenvalue weighted by Crippen LogP contribution is 2.28. The summed E-state index contributed by atoms with van der Waals surface area (Å²) < 4.78 is 17.9. The molecule has 0 aliphatic rings. The Morgan fingerprint density at radius 3 is 2.70 bits per heavy atom. The first-order valence-electron chi connectivity index (χ1n) is 10.0. The first-order valence-corrected chi connectivity index (χ1v) is 10.0. The summed E-state index contributed by atoms with van der Waals surface area (Å²) in [6, 6.07) is 18.7. The summed E-state index contributed by atoms with van der Waals surface area (Å²) in [6.45, 7) is 0.0781. The molecule has 5 aromatic rings. The molecule has 5 rings (SSSR count). The number of aromatic hydroxyl groups is 1. The van der Waals surface area contributed by atoms with Crippen LogP contribution in [0.15, 0.2) is 82.4 Å². The highest BCUT2D eigenvalue weighted by atomic mass is 16.5. The van der Waals surface area contributed by atoms with Crippen molar-refractivity contribution in [3.8, 4) is 34.4 Å². The van der Waals surface area contributed by atoms with E-state index in [1.54, 1.807) is 37.4 Å². The Morgan fingerprint density at radius 1 is 1.06 bits per heavy atom. The van der Waals surface area contributed by atoms with Crippen molar-refractivity contribution in [2.75, 3.05) is 7.11 Å². The largest absolute Gasteiger partial charge is 0.508 e. The van der Waals surface area contributed by atoms with Crippen LogP contribution in [0.25, 0.3) is 28.0 Å². The average molecular weight is 442 g/mol. The fourth-order valence-corrected chi connectivity index (χ4v) is 3.38. The normalized spacial score (nSPS) is 10.9. The van der Waals surface area contributed by atoms with Crippen molar-refractivity contribution in [2.24, 2.45) is 0 Å². The van der Waals surface area contributed by atoms with E-state index in [1.165, 1.54) is 23.0 Å². The van der Waals surface area contributed by atoms with E-state index in [9.17, 15) is 9.90 Å². The molecule has 164 valence electrons. The Kier molecular flexibility index (Phi) is 5.19. The monoisotopic (exact) mass is 442 g/mol. The van der Waals surface area contributed by atoms with Gasteiger partial charge in [-0.2, -0.15) is 4.98 Å². The van der Waals surface area contributed by atoms with Gasteiger partial charge >= 0.3 is 0 Å². The lowest BCUT2D eigenvalue weighted by molar-refractivity contribution is 0.287. The second-order valence-corrected chi connectivity index (χ2v) is 7.12. The molecule has 1 N–H and O–H groups in total. The maximum absolute atomic E-state index is 12.9. The van der Waals surface area contributed by atoms with Crippen LogP contribution in [-0.2, 0) is 6.61 Å². The van der Waals surface area contributed by atoms with E-state index in [0.29, 0.717) is 45.4 Å². The number of phenols is 1. The Morgan fingerprint density at radius 2 is 1.88 bits per heavy atom. The van der Waals surface area contributed by atoms with E-state index < -0.39 is 0 Å². The van der Waals surface area contributed by atoms with E-state index in [4.69, 9.17) is 14.0 Å². The summed E-state index contributed by atoms with van der Waals surface area (Å²) in [5.41, 5.74) is 1.57. The highest BCUT2D eigenvalue weighted by molar-refractivity contribution is 5.79. The fourth-order valence-electron chi connectivity index (χ4n) is 3.38. The third-order valence-corrected chi connectivity index (χ3v) is 5.03. The molecule has 33 heavy (non-hydrogen) atoms. The zero-order valence-corrected chi connectivity index (χ0v) is 17.5. The van der Waals surface area contributed by atoms with E-state index >= 15 is 0 Å². The van der Waals surface area contributed by atoms with Crippen molar-refractivity contribution in [1.82, 2.24) is 19.7 Å². The number of rotatable bonds is 6. The van der Waals surface area contributed by atoms with Gasteiger partial charge in [-0.05, 0) is 48.5 Å². The summed E-state index contributed by atoms with van der Waals surface area (Å²) in [5.74, 6) is 1.97. The van der Waals surface area contributed by atoms with Gasteiger partial charge in [-0.15, -0.1) is 0 Å². The second kappa shape index (κ2) is 8.46. The number of aromatic nitrogens is 4. The minimum atomic E-state index is -0.225. The van der Waals surface area contributed by atoms with Crippen molar-refractivity contribution in [3.63, 3.8) is 0 Å². The minimum Gasteiger partial charge on any atom is -0.508 e. The van der Waals surface area contributed by atoms with E-state index in [-0.39, 0.29) is 17.9 Å². The summed E-state index contributed by atoms with van der Waals surface area (Å²) in [7, 11) is 1.58. The standard InChI is InChI=1S/C24H18N4O5/c1-31-21-5-3-2-4-19(21)23-26-22(27-33-23)13-32-17-10-11-18-20(12-17)25-14-28(24(18)30)15-6-8-16(29)9-7-15/h2-12,14,29H,13H2,1H3. The van der Waals surface area contributed by atoms with Crippen LogP contribution >= 0.6 is 0 Å². The molecule has 2 heterocycles. The molecule has 0 radical (unpaired) electrons. The molecular weight excluding hydrogens is 424 g/mol. The summed E-state index contributed by atoms with van der Waals surface area (Å²) in [5, 5.41) is 13.9. The van der Waals surface area contributed by atoms with Gasteiger partial charge in [0.1, 0.15) is 23.6 Å². The van der Waals surface area contributed by atoms with Gasteiger partial charge in [-0.1, -0.05) is 17.3 Å². The molecule has 9 heteroatoms. The van der Waals surface area contributed by atoms with Crippen molar-refractivity contribution >= 4 is 10.9 Å². The summed E-state index contributed by atoms with van der Waals surface area (Å²) in [4.78, 5) is 21.6. The van der Waals surface area contributed by atoms with E-state index in [2.05, 4.69) is 15.1 Å². The van der Waals surface area contributed by atoms with Crippen LogP contribution in [0.1, 0.15) is 5.82 Å². The topological polar surface area (TPSA) is 112 Å². The van der Waals surface area contributed by atoms with Crippen LogP contribution in [-0.4, -0.2) is 31.9 Å². The van der Waals surface area contributed by atoms with Gasteiger partial charge in [0.15, 0.2) is 6.61 Å². The first kappa shape index (κ1) is 20.3. The Hall–Kier alpha value is -4.66. The lowest BCUT2D eigenvalue weighted by Crippen LogP contribution is -2.18. The number of para-hydroxylation sites is 1. The molecule has 0 spiro atoms. The van der Waals surface area contributed by atoms with Gasteiger partial charge in [-0.25, -0.2) is 4.98 Å². The quantitative estimate of drug-likeness (QED) is 0.423. The Bertz CT molecular complexity index is 1490. The molecule has 0 atom stereocenters. The maximum Gasteiger partial charge on any atom is 0.265 e. The summed E-state index contributed by atoms with van der Waals surface area (Å²) in [6.07, 6.45) is 1.44. The van der Waals surface area contributed by atoms with Crippen LogP contribution in [0, 0.1) is 0 Å². The molecule has 0 bridgehead atoms. The number of hydrogen-bond donors (Lipinski definition) is 1. The molecule has 0 aliphatic heterocycles. The maximum atomic E-state index is 12.9. The molecule has 2 aromatic heterocycles. The molecule has 3 aromatic carbocycles. The number of nitrogens with zero attached hydrogens (tertiary/aromatic N) is 4. The van der Waals surface area contributed by atoms with Gasteiger partial charge in [-0.3, -0.25) is 9.36 Å². The zero-order chi connectivity index (χ0) is 22.8. The van der Waals surface area contributed by atoms with Gasteiger partial charge in [0.05, 0.1) is 29.3 Å². The third kappa shape index (κ3) is 3.99. The minimum absolute atomic E-state index is 0.0781. The van der Waals surface area contributed by atoms with E-state index in [1.807, 2.05) is 24.3 Å². The Labute approximate surface area is 187 Å².